The van der Waals surface area contributed by atoms with Crippen LogP contribution in [0.25, 0.3) is 0 Å². The van der Waals surface area contributed by atoms with Gasteiger partial charge in [0, 0.05) is 18.7 Å². The highest BCUT2D eigenvalue weighted by Gasteiger charge is 2.17. The zero-order chi connectivity index (χ0) is 13.2. The molecule has 0 bridgehead atoms. The number of aryl methyl sites for hydroxylation is 2. The van der Waals surface area contributed by atoms with Crippen LogP contribution in [0.3, 0.4) is 0 Å². The Morgan fingerprint density at radius 1 is 1.16 bits per heavy atom. The predicted molar refractivity (Wildman–Crippen MR) is 84.8 cm³/mol. The van der Waals surface area contributed by atoms with Gasteiger partial charge in [0.25, 0.3) is 0 Å². The Bertz CT molecular complexity index is 502. The number of benzene rings is 1. The molecule has 102 valence electrons. The van der Waals surface area contributed by atoms with E-state index in [1.54, 1.807) is 0 Å². The second-order valence-corrected chi connectivity index (χ2v) is 6.81. The van der Waals surface area contributed by atoms with Crippen LogP contribution in [-0.4, -0.2) is 35.3 Å². The molecule has 1 aromatic rings. The average Bonchev–Trinajstić information content (AvgIpc) is 2.99. The van der Waals surface area contributed by atoms with Gasteiger partial charge in [0.05, 0.1) is 10.7 Å². The summed E-state index contributed by atoms with van der Waals surface area (Å²) < 4.78 is 0. The third-order valence-corrected chi connectivity index (χ3v) is 5.11. The highest BCUT2D eigenvalue weighted by Crippen LogP contribution is 2.32. The minimum absolute atomic E-state index is 1.04. The molecule has 0 N–H and O–H groups in total. The van der Waals surface area contributed by atoms with Gasteiger partial charge in [0.15, 0.2) is 0 Å². The molecule has 19 heavy (non-hydrogen) atoms. The zero-order valence-corrected chi connectivity index (χ0v) is 12.7. The number of thioether (sulfide) groups is 1. The quantitative estimate of drug-likeness (QED) is 0.835. The van der Waals surface area contributed by atoms with Crippen LogP contribution in [0, 0.1) is 13.8 Å². The molecule has 0 unspecified atom stereocenters. The lowest BCUT2D eigenvalue weighted by Gasteiger charge is -2.13. The van der Waals surface area contributed by atoms with Crippen LogP contribution in [0.1, 0.15) is 29.5 Å². The van der Waals surface area contributed by atoms with Crippen LogP contribution in [-0.2, 0) is 6.42 Å². The number of fused-ring (bicyclic) bond motifs is 1. The molecule has 2 aliphatic heterocycles. The van der Waals surface area contributed by atoms with Crippen LogP contribution in [0.5, 0.6) is 0 Å². The largest absolute Gasteiger partial charge is 0.303 e. The summed E-state index contributed by atoms with van der Waals surface area (Å²) in [5.74, 6) is 1.19. The maximum Gasteiger partial charge on any atom is 0.0783 e. The lowest BCUT2D eigenvalue weighted by molar-refractivity contribution is 0.362. The van der Waals surface area contributed by atoms with Crippen LogP contribution < -0.4 is 0 Å². The monoisotopic (exact) mass is 274 g/mol. The van der Waals surface area contributed by atoms with Crippen molar-refractivity contribution in [1.82, 2.24) is 4.90 Å². The SMILES string of the molecule is Cc1cc2c(cc1C)N=C(SCCN1CCCC1)C2. The molecule has 3 heteroatoms. The highest BCUT2D eigenvalue weighted by atomic mass is 32.2. The van der Waals surface area contributed by atoms with Gasteiger partial charge in [0.1, 0.15) is 0 Å². The lowest BCUT2D eigenvalue weighted by Crippen LogP contribution is -2.22. The highest BCUT2D eigenvalue weighted by molar-refractivity contribution is 8.14. The van der Waals surface area contributed by atoms with Gasteiger partial charge in [0.2, 0.25) is 0 Å². The van der Waals surface area contributed by atoms with Crippen molar-refractivity contribution in [2.75, 3.05) is 25.4 Å². The van der Waals surface area contributed by atoms with Crippen molar-refractivity contribution in [3.8, 4) is 0 Å². The van der Waals surface area contributed by atoms with E-state index in [4.69, 9.17) is 4.99 Å². The van der Waals surface area contributed by atoms with E-state index in [-0.39, 0.29) is 0 Å². The smallest absolute Gasteiger partial charge is 0.0783 e. The molecule has 2 aliphatic rings. The fourth-order valence-electron chi connectivity index (χ4n) is 2.83. The number of hydrogen-bond acceptors (Lipinski definition) is 3. The molecule has 1 fully saturated rings. The summed E-state index contributed by atoms with van der Waals surface area (Å²) in [5.41, 5.74) is 5.35. The van der Waals surface area contributed by atoms with Crippen molar-refractivity contribution >= 4 is 22.5 Å². The van der Waals surface area contributed by atoms with Gasteiger partial charge in [-0.05, 0) is 62.5 Å². The summed E-state index contributed by atoms with van der Waals surface area (Å²) in [6, 6.07) is 4.54. The predicted octanol–water partition coefficient (Wildman–Crippen LogP) is 3.72. The molecular weight excluding hydrogens is 252 g/mol. The summed E-state index contributed by atoms with van der Waals surface area (Å²) in [5, 5.41) is 1.30. The number of aliphatic imine (C=N–C) groups is 1. The molecule has 1 saturated heterocycles. The minimum atomic E-state index is 1.04. The Morgan fingerprint density at radius 2 is 1.89 bits per heavy atom. The molecule has 0 aromatic heterocycles. The number of likely N-dealkylation sites (tertiary alicyclic amines) is 1. The van der Waals surface area contributed by atoms with Crippen molar-refractivity contribution in [3.63, 3.8) is 0 Å². The van der Waals surface area contributed by atoms with Gasteiger partial charge >= 0.3 is 0 Å². The van der Waals surface area contributed by atoms with Crippen molar-refractivity contribution < 1.29 is 0 Å². The Balaban J connectivity index is 1.55. The molecule has 0 aliphatic carbocycles. The molecule has 0 atom stereocenters. The fourth-order valence-corrected chi connectivity index (χ4v) is 3.83. The Morgan fingerprint density at radius 3 is 2.68 bits per heavy atom. The standard InChI is InChI=1S/C16H22N2S/c1-12-9-14-11-16(17-15(14)10-13(12)2)19-8-7-18-5-3-4-6-18/h9-10H,3-8,11H2,1-2H3. The number of nitrogens with zero attached hydrogens (tertiary/aromatic N) is 2. The summed E-state index contributed by atoms with van der Waals surface area (Å²) in [7, 11) is 0. The average molecular weight is 274 g/mol. The van der Waals surface area contributed by atoms with Crippen LogP contribution in [0.4, 0.5) is 5.69 Å². The molecule has 3 rings (SSSR count). The number of rotatable bonds is 3. The first-order valence-electron chi connectivity index (χ1n) is 7.25. The van der Waals surface area contributed by atoms with E-state index >= 15 is 0 Å². The van der Waals surface area contributed by atoms with E-state index < -0.39 is 0 Å². The fraction of sp³-hybridized carbons (Fsp3) is 0.562. The van der Waals surface area contributed by atoms with Gasteiger partial charge in [-0.1, -0.05) is 6.07 Å². The summed E-state index contributed by atoms with van der Waals surface area (Å²) in [4.78, 5) is 7.35. The van der Waals surface area contributed by atoms with E-state index in [0.29, 0.717) is 0 Å². The molecule has 0 radical (unpaired) electrons. The first-order chi connectivity index (χ1) is 9.22. The molecule has 2 nitrogen and oxygen atoms in total. The van der Waals surface area contributed by atoms with Crippen molar-refractivity contribution in [2.24, 2.45) is 4.99 Å². The van der Waals surface area contributed by atoms with E-state index in [2.05, 4.69) is 30.9 Å². The Labute approximate surface area is 120 Å². The Kier molecular flexibility index (Phi) is 3.94. The summed E-state index contributed by atoms with van der Waals surface area (Å²) in [6.07, 6.45) is 3.81. The maximum atomic E-state index is 4.78. The third kappa shape index (κ3) is 3.03. The van der Waals surface area contributed by atoms with Crippen LogP contribution in [0.2, 0.25) is 0 Å². The first kappa shape index (κ1) is 13.2. The third-order valence-electron chi connectivity index (χ3n) is 4.16. The molecule has 2 heterocycles. The topological polar surface area (TPSA) is 15.6 Å². The minimum Gasteiger partial charge on any atom is -0.303 e. The maximum absolute atomic E-state index is 4.78. The van der Waals surface area contributed by atoms with E-state index in [9.17, 15) is 0 Å². The van der Waals surface area contributed by atoms with E-state index in [0.717, 1.165) is 6.42 Å². The normalized spacial score (nSPS) is 18.7. The molecule has 0 amide bonds. The number of hydrogen-bond donors (Lipinski definition) is 0. The molecule has 1 aromatic carbocycles. The van der Waals surface area contributed by atoms with Crippen LogP contribution in [0.15, 0.2) is 17.1 Å². The van der Waals surface area contributed by atoms with Crippen LogP contribution >= 0.6 is 11.8 Å². The van der Waals surface area contributed by atoms with Crippen molar-refractivity contribution in [1.29, 1.82) is 0 Å². The second-order valence-electron chi connectivity index (χ2n) is 5.64. The first-order valence-corrected chi connectivity index (χ1v) is 8.24. The van der Waals surface area contributed by atoms with Gasteiger partial charge < -0.3 is 4.90 Å². The van der Waals surface area contributed by atoms with Gasteiger partial charge in [-0.25, -0.2) is 4.99 Å². The second kappa shape index (κ2) is 5.68. The molecule has 0 saturated carbocycles. The lowest BCUT2D eigenvalue weighted by atomic mass is 10.0. The zero-order valence-electron chi connectivity index (χ0n) is 11.9. The van der Waals surface area contributed by atoms with Crippen molar-refractivity contribution in [3.05, 3.63) is 28.8 Å². The molecular formula is C16H22N2S. The van der Waals surface area contributed by atoms with Gasteiger partial charge in [-0.2, -0.15) is 0 Å². The summed E-state index contributed by atoms with van der Waals surface area (Å²) in [6.45, 7) is 8.17. The van der Waals surface area contributed by atoms with Gasteiger partial charge in [-0.15, -0.1) is 11.8 Å². The van der Waals surface area contributed by atoms with E-state index in [1.165, 1.54) is 65.7 Å². The van der Waals surface area contributed by atoms with Crippen molar-refractivity contribution in [2.45, 2.75) is 33.1 Å². The Hall–Kier alpha value is -0.800. The van der Waals surface area contributed by atoms with E-state index in [1.807, 2.05) is 11.8 Å². The summed E-state index contributed by atoms with van der Waals surface area (Å²) >= 11 is 1.95. The molecule has 0 spiro atoms. The van der Waals surface area contributed by atoms with Gasteiger partial charge in [-0.3, -0.25) is 0 Å².